The average molecular weight is 293 g/mol. The van der Waals surface area contributed by atoms with Crippen LogP contribution in [0.25, 0.3) is 0 Å². The number of aryl methyl sites for hydroxylation is 1. The number of nitrogens with zero attached hydrogens (tertiary/aromatic N) is 1. The molecule has 0 fully saturated rings. The second-order valence-electron chi connectivity index (χ2n) is 4.15. The van der Waals surface area contributed by atoms with Crippen molar-refractivity contribution in [3.63, 3.8) is 0 Å². The molecule has 2 heterocycles. The van der Waals surface area contributed by atoms with Gasteiger partial charge in [0.15, 0.2) is 0 Å². The van der Waals surface area contributed by atoms with Crippen LogP contribution in [0.1, 0.15) is 27.9 Å². The molecule has 0 radical (unpaired) electrons. The number of carbonyl (C=O) groups excluding carboxylic acids is 2. The highest BCUT2D eigenvalue weighted by Crippen LogP contribution is 2.27. The minimum Gasteiger partial charge on any atom is -0.462 e. The first-order valence-electron chi connectivity index (χ1n) is 6.15. The van der Waals surface area contributed by atoms with Crippen LogP contribution in [-0.4, -0.2) is 28.7 Å². The van der Waals surface area contributed by atoms with Crippen LogP contribution in [0.5, 0.6) is 0 Å². The number of H-pyrrole nitrogens is 1. The summed E-state index contributed by atoms with van der Waals surface area (Å²) < 4.78 is 4.96. The third-order valence-corrected chi connectivity index (χ3v) is 3.68. The quantitative estimate of drug-likeness (QED) is 0.827. The van der Waals surface area contributed by atoms with Gasteiger partial charge in [-0.25, -0.2) is 4.79 Å². The number of hydrogen-bond acceptors (Lipinski definition) is 5. The molecule has 1 amide bonds. The van der Waals surface area contributed by atoms with Crippen LogP contribution in [0.2, 0.25) is 0 Å². The molecule has 2 aromatic rings. The van der Waals surface area contributed by atoms with Crippen molar-refractivity contribution in [3.8, 4) is 0 Å². The van der Waals surface area contributed by atoms with Gasteiger partial charge in [0.1, 0.15) is 4.88 Å². The normalized spacial score (nSPS) is 10.3. The summed E-state index contributed by atoms with van der Waals surface area (Å²) in [6, 6.07) is 3.51. The number of amides is 1. The number of aromatic amines is 1. The van der Waals surface area contributed by atoms with E-state index in [1.807, 2.05) is 6.92 Å². The highest BCUT2D eigenvalue weighted by atomic mass is 32.1. The lowest BCUT2D eigenvalue weighted by atomic mass is 10.3. The molecule has 20 heavy (non-hydrogen) atoms. The minimum atomic E-state index is -0.357. The summed E-state index contributed by atoms with van der Waals surface area (Å²) in [6.07, 6.45) is 1.81. The van der Waals surface area contributed by atoms with Gasteiger partial charge >= 0.3 is 5.97 Å². The van der Waals surface area contributed by atoms with Crippen molar-refractivity contribution in [1.29, 1.82) is 0 Å². The largest absolute Gasteiger partial charge is 0.462 e. The van der Waals surface area contributed by atoms with Crippen LogP contribution >= 0.6 is 11.3 Å². The second kappa shape index (κ2) is 6.33. The topological polar surface area (TPSA) is 84.1 Å². The van der Waals surface area contributed by atoms with E-state index >= 15 is 0 Å². The highest BCUT2D eigenvalue weighted by Gasteiger charge is 2.16. The van der Waals surface area contributed by atoms with Gasteiger partial charge in [0.25, 0.3) is 0 Å². The predicted octanol–water partition coefficient (Wildman–Crippen LogP) is 2.14. The maximum Gasteiger partial charge on any atom is 0.348 e. The Morgan fingerprint density at radius 1 is 1.50 bits per heavy atom. The van der Waals surface area contributed by atoms with Gasteiger partial charge < -0.3 is 10.1 Å². The van der Waals surface area contributed by atoms with E-state index in [1.165, 1.54) is 11.3 Å². The zero-order chi connectivity index (χ0) is 14.5. The van der Waals surface area contributed by atoms with Crippen molar-refractivity contribution in [1.82, 2.24) is 10.2 Å². The maximum absolute atomic E-state index is 11.8. The van der Waals surface area contributed by atoms with Gasteiger partial charge in [0.2, 0.25) is 5.91 Å². The maximum atomic E-state index is 11.8. The van der Waals surface area contributed by atoms with Crippen LogP contribution in [0, 0.1) is 6.92 Å². The molecule has 106 valence electrons. The standard InChI is InChI=1S/C13H15N3O3S/c1-3-19-13(18)12-8(2)6-11(20-12)15-10(17)7-9-4-5-14-16-9/h4-6H,3,7H2,1-2H3,(H,14,16)(H,15,17). The van der Waals surface area contributed by atoms with Crippen LogP contribution < -0.4 is 5.32 Å². The van der Waals surface area contributed by atoms with E-state index in [2.05, 4.69) is 15.5 Å². The fourth-order valence-electron chi connectivity index (χ4n) is 1.68. The van der Waals surface area contributed by atoms with Gasteiger partial charge in [0, 0.05) is 11.9 Å². The predicted molar refractivity (Wildman–Crippen MR) is 75.9 cm³/mol. The molecule has 2 N–H and O–H groups in total. The number of hydrogen-bond donors (Lipinski definition) is 2. The van der Waals surface area contributed by atoms with E-state index in [-0.39, 0.29) is 18.3 Å². The van der Waals surface area contributed by atoms with Gasteiger partial charge in [-0.15, -0.1) is 11.3 Å². The van der Waals surface area contributed by atoms with E-state index in [9.17, 15) is 9.59 Å². The first-order chi connectivity index (χ1) is 9.60. The van der Waals surface area contributed by atoms with Gasteiger partial charge in [-0.2, -0.15) is 5.10 Å². The number of esters is 1. The minimum absolute atomic E-state index is 0.161. The summed E-state index contributed by atoms with van der Waals surface area (Å²) >= 11 is 1.22. The Kier molecular flexibility index (Phi) is 4.52. The van der Waals surface area contributed by atoms with Gasteiger partial charge in [-0.05, 0) is 31.5 Å². The fourth-order valence-corrected chi connectivity index (χ4v) is 2.66. The molecule has 2 rings (SSSR count). The van der Waals surface area contributed by atoms with Crippen LogP contribution in [-0.2, 0) is 16.0 Å². The summed E-state index contributed by atoms with van der Waals surface area (Å²) in [5.41, 5.74) is 1.53. The monoisotopic (exact) mass is 293 g/mol. The van der Waals surface area contributed by atoms with E-state index in [4.69, 9.17) is 4.74 Å². The number of ether oxygens (including phenoxy) is 1. The number of anilines is 1. The van der Waals surface area contributed by atoms with Crippen molar-refractivity contribution in [3.05, 3.63) is 34.5 Å². The Bertz CT molecular complexity index is 604. The number of nitrogens with one attached hydrogen (secondary N) is 2. The Labute approximate surface area is 120 Å². The average Bonchev–Trinajstić information content (AvgIpc) is 2.99. The van der Waals surface area contributed by atoms with Gasteiger partial charge in [-0.3, -0.25) is 9.89 Å². The number of aromatic nitrogens is 2. The van der Waals surface area contributed by atoms with E-state index in [0.717, 1.165) is 11.3 Å². The lowest BCUT2D eigenvalue weighted by Gasteiger charge is -2.00. The summed E-state index contributed by atoms with van der Waals surface area (Å²) in [6.45, 7) is 3.90. The molecule has 0 spiro atoms. The lowest BCUT2D eigenvalue weighted by Crippen LogP contribution is -2.13. The molecule has 6 nitrogen and oxygen atoms in total. The molecule has 0 unspecified atom stereocenters. The van der Waals surface area contributed by atoms with E-state index in [0.29, 0.717) is 16.5 Å². The summed E-state index contributed by atoms with van der Waals surface area (Å²) in [4.78, 5) is 24.0. The number of carbonyl (C=O) groups is 2. The summed E-state index contributed by atoms with van der Waals surface area (Å²) in [7, 11) is 0. The zero-order valence-corrected chi connectivity index (χ0v) is 12.0. The molecule has 0 aromatic carbocycles. The molecule has 0 saturated heterocycles. The first kappa shape index (κ1) is 14.3. The molecular weight excluding hydrogens is 278 g/mol. The van der Waals surface area contributed by atoms with E-state index < -0.39 is 0 Å². The highest BCUT2D eigenvalue weighted by molar-refractivity contribution is 7.18. The van der Waals surface area contributed by atoms with Gasteiger partial charge in [0.05, 0.1) is 18.0 Å². The Morgan fingerprint density at radius 3 is 2.95 bits per heavy atom. The van der Waals surface area contributed by atoms with Crippen molar-refractivity contribution in [2.24, 2.45) is 0 Å². The SMILES string of the molecule is CCOC(=O)c1sc(NC(=O)Cc2ccn[nH]2)cc1C. The van der Waals surface area contributed by atoms with E-state index in [1.54, 1.807) is 25.3 Å². The Hall–Kier alpha value is -2.15. The van der Waals surface area contributed by atoms with Crippen molar-refractivity contribution >= 4 is 28.2 Å². The van der Waals surface area contributed by atoms with Crippen LogP contribution in [0.3, 0.4) is 0 Å². The van der Waals surface area contributed by atoms with Crippen LogP contribution in [0.15, 0.2) is 18.3 Å². The zero-order valence-electron chi connectivity index (χ0n) is 11.2. The molecule has 0 aliphatic rings. The first-order valence-corrected chi connectivity index (χ1v) is 6.97. The summed E-state index contributed by atoms with van der Waals surface area (Å²) in [5.74, 6) is -0.519. The molecule has 0 aliphatic heterocycles. The van der Waals surface area contributed by atoms with Crippen molar-refractivity contribution in [2.45, 2.75) is 20.3 Å². The van der Waals surface area contributed by atoms with Gasteiger partial charge in [-0.1, -0.05) is 0 Å². The van der Waals surface area contributed by atoms with Crippen molar-refractivity contribution in [2.75, 3.05) is 11.9 Å². The molecule has 2 aromatic heterocycles. The second-order valence-corrected chi connectivity index (χ2v) is 5.20. The third kappa shape index (κ3) is 3.45. The molecule has 0 saturated carbocycles. The van der Waals surface area contributed by atoms with Crippen molar-refractivity contribution < 1.29 is 14.3 Å². The Morgan fingerprint density at radius 2 is 2.30 bits per heavy atom. The fraction of sp³-hybridized carbons (Fsp3) is 0.308. The molecule has 0 bridgehead atoms. The molecule has 0 aliphatic carbocycles. The van der Waals surface area contributed by atoms with Crippen LogP contribution in [0.4, 0.5) is 5.00 Å². The molecule has 7 heteroatoms. The number of rotatable bonds is 5. The Balaban J connectivity index is 2.01. The lowest BCUT2D eigenvalue weighted by molar-refractivity contribution is -0.115. The molecular formula is C13H15N3O3S. The summed E-state index contributed by atoms with van der Waals surface area (Å²) in [5, 5.41) is 9.90. The smallest absolute Gasteiger partial charge is 0.348 e. The molecule has 0 atom stereocenters. The number of thiophene rings is 1. The third-order valence-electron chi connectivity index (χ3n) is 2.55.